The van der Waals surface area contributed by atoms with Crippen LogP contribution in [0.1, 0.15) is 22.5 Å². The van der Waals surface area contributed by atoms with Gasteiger partial charge in [0.05, 0.1) is 11.8 Å². The van der Waals surface area contributed by atoms with Crippen LogP contribution in [-0.4, -0.2) is 56.0 Å². The first-order chi connectivity index (χ1) is 13.9. The van der Waals surface area contributed by atoms with Crippen molar-refractivity contribution in [2.24, 2.45) is 5.92 Å². The molecule has 29 heavy (non-hydrogen) atoms. The summed E-state index contributed by atoms with van der Waals surface area (Å²) in [4.78, 5) is 25.9. The molecule has 8 heteroatoms. The molecule has 2 atom stereocenters. The molecule has 0 saturated carbocycles. The summed E-state index contributed by atoms with van der Waals surface area (Å²) in [6.45, 7) is 5.66. The molecule has 0 radical (unpaired) electrons. The van der Waals surface area contributed by atoms with Gasteiger partial charge in [-0.3, -0.25) is 19.6 Å². The van der Waals surface area contributed by atoms with E-state index in [1.165, 1.54) is 5.56 Å². The highest BCUT2D eigenvalue weighted by molar-refractivity contribution is 5.79. The molecule has 3 heterocycles. The minimum absolute atomic E-state index is 0.0535. The number of carboxylic acid groups (broad SMARTS) is 1. The van der Waals surface area contributed by atoms with Crippen LogP contribution in [0.2, 0.25) is 0 Å². The third kappa shape index (κ3) is 5.10. The standard InChI is InChI=1S/C20H24N4O2.CH2O2/c1-12-3-4-18-14(5-12)7-16(20(26)21-18)10-24-9-15(19(25)11-24)8-17-6-13(2)22-23-17;2-1-3/h3-7,15,19,25H,8-11H2,1-2H3,(H,21,26)(H,22,23);1H,(H,2,3)/t15-,19-;/m1./s1. The molecule has 1 aromatic carbocycles. The van der Waals surface area contributed by atoms with Gasteiger partial charge in [0.1, 0.15) is 0 Å². The summed E-state index contributed by atoms with van der Waals surface area (Å²) >= 11 is 0. The topological polar surface area (TPSA) is 122 Å². The molecule has 1 aliphatic heterocycles. The number of carbonyl (C=O) groups is 1. The quantitative estimate of drug-likeness (QED) is 0.495. The number of rotatable bonds is 4. The Kier molecular flexibility index (Phi) is 6.46. The lowest BCUT2D eigenvalue weighted by molar-refractivity contribution is -0.122. The number of fused-ring (bicyclic) bond motifs is 1. The lowest BCUT2D eigenvalue weighted by Gasteiger charge is -2.15. The number of aromatic nitrogens is 3. The number of benzene rings is 1. The number of nitrogens with one attached hydrogen (secondary N) is 2. The number of nitrogens with zero attached hydrogens (tertiary/aromatic N) is 2. The summed E-state index contributed by atoms with van der Waals surface area (Å²) in [6, 6.07) is 10.0. The third-order valence-corrected chi connectivity index (χ3v) is 5.18. The van der Waals surface area contributed by atoms with Gasteiger partial charge >= 0.3 is 0 Å². The van der Waals surface area contributed by atoms with Gasteiger partial charge in [-0.2, -0.15) is 5.10 Å². The van der Waals surface area contributed by atoms with Crippen molar-refractivity contribution in [3.05, 3.63) is 63.2 Å². The molecule has 2 aromatic heterocycles. The Bertz CT molecular complexity index is 1040. The van der Waals surface area contributed by atoms with Crippen molar-refractivity contribution in [3.8, 4) is 0 Å². The maximum atomic E-state index is 12.4. The molecule has 1 fully saturated rings. The Balaban J connectivity index is 0.000000755. The van der Waals surface area contributed by atoms with Crippen molar-refractivity contribution in [2.75, 3.05) is 13.1 Å². The Hall–Kier alpha value is -2.97. The van der Waals surface area contributed by atoms with E-state index >= 15 is 0 Å². The first-order valence-corrected chi connectivity index (χ1v) is 9.51. The van der Waals surface area contributed by atoms with Crippen LogP contribution in [0.25, 0.3) is 10.9 Å². The number of hydrogen-bond donors (Lipinski definition) is 4. The van der Waals surface area contributed by atoms with Gasteiger partial charge in [0, 0.05) is 42.3 Å². The van der Waals surface area contributed by atoms with Gasteiger partial charge in [-0.1, -0.05) is 11.6 Å². The Morgan fingerprint density at radius 3 is 2.69 bits per heavy atom. The zero-order valence-electron chi connectivity index (χ0n) is 16.6. The molecule has 0 amide bonds. The summed E-state index contributed by atoms with van der Waals surface area (Å²) in [5.41, 5.74) is 4.72. The van der Waals surface area contributed by atoms with E-state index < -0.39 is 6.10 Å². The average Bonchev–Trinajstić information content (AvgIpc) is 3.22. The van der Waals surface area contributed by atoms with E-state index in [2.05, 4.69) is 26.1 Å². The van der Waals surface area contributed by atoms with Gasteiger partial charge in [0.2, 0.25) is 0 Å². The summed E-state index contributed by atoms with van der Waals surface area (Å²) in [5.74, 6) is 0.138. The van der Waals surface area contributed by atoms with Gasteiger partial charge in [0.25, 0.3) is 12.0 Å². The van der Waals surface area contributed by atoms with Gasteiger partial charge in [-0.15, -0.1) is 0 Å². The number of hydrogen-bond acceptors (Lipinski definition) is 5. The minimum atomic E-state index is -0.395. The maximum Gasteiger partial charge on any atom is 0.290 e. The number of aliphatic hydroxyl groups is 1. The molecule has 8 nitrogen and oxygen atoms in total. The SMILES string of the molecule is Cc1ccc2[nH]c(=O)c(CN3C[C@@H](Cc4cc(C)[nH]n4)[C@H](O)C3)cc2c1.O=CO. The van der Waals surface area contributed by atoms with Crippen LogP contribution in [-0.2, 0) is 17.8 Å². The van der Waals surface area contributed by atoms with Crippen LogP contribution in [0.4, 0.5) is 0 Å². The Labute approximate surface area is 168 Å². The number of aliphatic hydroxyl groups excluding tert-OH is 1. The van der Waals surface area contributed by atoms with E-state index in [4.69, 9.17) is 9.90 Å². The molecule has 4 rings (SSSR count). The van der Waals surface area contributed by atoms with Crippen LogP contribution in [0.5, 0.6) is 0 Å². The summed E-state index contributed by atoms with van der Waals surface area (Å²) in [5, 5.41) is 25.6. The molecular formula is C21H26N4O4. The van der Waals surface area contributed by atoms with E-state index in [1.54, 1.807) is 0 Å². The molecule has 0 unspecified atom stereocenters. The zero-order valence-corrected chi connectivity index (χ0v) is 16.6. The second-order valence-electron chi connectivity index (χ2n) is 7.59. The Morgan fingerprint density at radius 1 is 1.24 bits per heavy atom. The Morgan fingerprint density at radius 2 is 2.00 bits per heavy atom. The summed E-state index contributed by atoms with van der Waals surface area (Å²) in [7, 11) is 0. The number of likely N-dealkylation sites (tertiary alicyclic amines) is 1. The second-order valence-corrected chi connectivity index (χ2v) is 7.59. The first-order valence-electron chi connectivity index (χ1n) is 9.51. The summed E-state index contributed by atoms with van der Waals surface area (Å²) in [6.07, 6.45) is 0.351. The zero-order chi connectivity index (χ0) is 21.0. The van der Waals surface area contributed by atoms with Crippen LogP contribution in [0.15, 0.2) is 35.1 Å². The van der Waals surface area contributed by atoms with Crippen molar-refractivity contribution in [3.63, 3.8) is 0 Å². The summed E-state index contributed by atoms with van der Waals surface area (Å²) < 4.78 is 0. The number of H-pyrrole nitrogens is 2. The lowest BCUT2D eigenvalue weighted by Crippen LogP contribution is -2.25. The van der Waals surface area contributed by atoms with Crippen molar-refractivity contribution in [1.29, 1.82) is 0 Å². The molecule has 154 valence electrons. The predicted octanol–water partition coefficient (Wildman–Crippen LogP) is 1.60. The highest BCUT2D eigenvalue weighted by Crippen LogP contribution is 2.23. The molecule has 0 aliphatic carbocycles. The monoisotopic (exact) mass is 398 g/mol. The van der Waals surface area contributed by atoms with Crippen LogP contribution >= 0.6 is 0 Å². The van der Waals surface area contributed by atoms with E-state index in [-0.39, 0.29) is 17.9 Å². The van der Waals surface area contributed by atoms with Gasteiger partial charge in [0.15, 0.2) is 0 Å². The molecule has 4 N–H and O–H groups in total. The van der Waals surface area contributed by atoms with E-state index in [0.717, 1.165) is 40.8 Å². The van der Waals surface area contributed by atoms with Crippen molar-refractivity contribution >= 4 is 17.4 Å². The molecule has 0 spiro atoms. The first kappa shape index (κ1) is 20.8. The van der Waals surface area contributed by atoms with Crippen LogP contribution in [0, 0.1) is 19.8 Å². The fourth-order valence-corrected chi connectivity index (χ4v) is 3.85. The minimum Gasteiger partial charge on any atom is -0.483 e. The number of aromatic amines is 2. The highest BCUT2D eigenvalue weighted by Gasteiger charge is 2.32. The van der Waals surface area contributed by atoms with E-state index in [9.17, 15) is 9.90 Å². The molecule has 3 aromatic rings. The fourth-order valence-electron chi connectivity index (χ4n) is 3.85. The largest absolute Gasteiger partial charge is 0.483 e. The molecule has 0 bridgehead atoms. The fraction of sp³-hybridized carbons (Fsp3) is 0.381. The van der Waals surface area contributed by atoms with Crippen molar-refractivity contribution in [1.82, 2.24) is 20.1 Å². The van der Waals surface area contributed by atoms with Gasteiger partial charge in [-0.05, 0) is 49.9 Å². The molecular weight excluding hydrogens is 372 g/mol. The normalized spacial score (nSPS) is 19.1. The third-order valence-electron chi connectivity index (χ3n) is 5.18. The van der Waals surface area contributed by atoms with Crippen molar-refractivity contribution in [2.45, 2.75) is 32.9 Å². The smallest absolute Gasteiger partial charge is 0.290 e. The predicted molar refractivity (Wildman–Crippen MR) is 110 cm³/mol. The van der Waals surface area contributed by atoms with Crippen molar-refractivity contribution < 1.29 is 15.0 Å². The number of aryl methyl sites for hydroxylation is 2. The van der Waals surface area contributed by atoms with Crippen LogP contribution < -0.4 is 5.56 Å². The van der Waals surface area contributed by atoms with E-state index in [0.29, 0.717) is 13.1 Å². The number of β-amino-alcohol motifs (C(OH)–C–C–N with tert-alkyl or cyclic N) is 1. The molecule has 1 saturated heterocycles. The maximum absolute atomic E-state index is 12.4. The second kappa shape index (κ2) is 9.02. The molecule has 1 aliphatic rings. The lowest BCUT2D eigenvalue weighted by atomic mass is 10.0. The highest BCUT2D eigenvalue weighted by atomic mass is 16.3. The average molecular weight is 398 g/mol. The van der Waals surface area contributed by atoms with Gasteiger partial charge < -0.3 is 15.2 Å². The van der Waals surface area contributed by atoms with Gasteiger partial charge in [-0.25, -0.2) is 0 Å². The number of pyridine rings is 1. The van der Waals surface area contributed by atoms with E-state index in [1.807, 2.05) is 38.1 Å². The van der Waals surface area contributed by atoms with Crippen LogP contribution in [0.3, 0.4) is 0 Å².